The maximum atomic E-state index is 13.2. The SMILES string of the molecule is C=C(/C(OCC(F)(F)F)=C(\C)N=C(OC1CCN(CCOC)CC1)N(C)C)c1c(C)ccc2[nH]ncc12. The third-order valence-corrected chi connectivity index (χ3v) is 6.18. The molecule has 1 saturated heterocycles. The van der Waals surface area contributed by atoms with Crippen molar-refractivity contribution in [3.63, 3.8) is 0 Å². The quantitative estimate of drug-likeness (QED) is 0.222. The third-order valence-electron chi connectivity index (χ3n) is 6.18. The van der Waals surface area contributed by atoms with Crippen LogP contribution in [0, 0.1) is 6.92 Å². The van der Waals surface area contributed by atoms with E-state index in [2.05, 4.69) is 26.7 Å². The van der Waals surface area contributed by atoms with E-state index < -0.39 is 12.8 Å². The molecule has 0 unspecified atom stereocenters. The molecule has 3 rings (SSSR count). The number of H-pyrrole nitrogens is 1. The highest BCUT2D eigenvalue weighted by atomic mass is 19.4. The molecule has 1 aromatic heterocycles. The first-order valence-electron chi connectivity index (χ1n) is 12.2. The van der Waals surface area contributed by atoms with Gasteiger partial charge in [0, 0.05) is 51.8 Å². The summed E-state index contributed by atoms with van der Waals surface area (Å²) in [6.45, 7) is 9.38. The number of nitrogens with zero attached hydrogens (tertiary/aromatic N) is 4. The second-order valence-corrected chi connectivity index (χ2v) is 9.33. The monoisotopic (exact) mass is 523 g/mol. The molecule has 0 spiro atoms. The summed E-state index contributed by atoms with van der Waals surface area (Å²) >= 11 is 0. The standard InChI is InChI=1S/C26H36F3N5O3/c1-17-7-8-22-21(15-30-32-22)23(17)18(2)24(36-16-26(27,28)29)19(3)31-25(33(4)5)37-20-9-11-34(12-10-20)13-14-35-6/h7-8,15,20H,2,9-14,16H2,1,3-6H3,(H,30,32)/b24-19-,31-25?. The number of benzene rings is 1. The van der Waals surface area contributed by atoms with Gasteiger partial charge in [-0.25, -0.2) is 0 Å². The number of allylic oxidation sites excluding steroid dienone is 2. The minimum atomic E-state index is -4.52. The topological polar surface area (TPSA) is 75.2 Å². The maximum Gasteiger partial charge on any atom is 0.422 e. The Hall–Kier alpha value is -3.05. The van der Waals surface area contributed by atoms with Crippen LogP contribution >= 0.6 is 0 Å². The minimum absolute atomic E-state index is 0.0496. The lowest BCUT2D eigenvalue weighted by Crippen LogP contribution is -2.41. The van der Waals surface area contributed by atoms with Crippen LogP contribution in [-0.2, 0) is 14.2 Å². The number of hydrogen-bond acceptors (Lipinski definition) is 6. The van der Waals surface area contributed by atoms with E-state index in [1.54, 1.807) is 39.2 Å². The lowest BCUT2D eigenvalue weighted by Gasteiger charge is -2.33. The Kier molecular flexibility index (Phi) is 9.61. The average molecular weight is 524 g/mol. The van der Waals surface area contributed by atoms with E-state index in [0.29, 0.717) is 23.8 Å². The number of methoxy groups -OCH3 is 1. The summed E-state index contributed by atoms with van der Waals surface area (Å²) in [4.78, 5) is 8.59. The summed E-state index contributed by atoms with van der Waals surface area (Å²) in [5.74, 6) is -0.0496. The number of piperidine rings is 1. The maximum absolute atomic E-state index is 13.2. The van der Waals surface area contributed by atoms with E-state index >= 15 is 0 Å². The molecule has 1 aliphatic rings. The second kappa shape index (κ2) is 12.5. The number of aromatic nitrogens is 2. The molecule has 2 aromatic rings. The van der Waals surface area contributed by atoms with Crippen LogP contribution in [0.1, 0.15) is 30.9 Å². The van der Waals surface area contributed by atoms with Gasteiger partial charge in [-0.2, -0.15) is 23.3 Å². The van der Waals surface area contributed by atoms with E-state index in [0.717, 1.165) is 48.9 Å². The lowest BCUT2D eigenvalue weighted by molar-refractivity contribution is -0.163. The smallest absolute Gasteiger partial charge is 0.422 e. The Balaban J connectivity index is 1.91. The van der Waals surface area contributed by atoms with Crippen LogP contribution in [0.5, 0.6) is 0 Å². The third kappa shape index (κ3) is 7.72. The van der Waals surface area contributed by atoms with Gasteiger partial charge in [-0.15, -0.1) is 0 Å². The van der Waals surface area contributed by atoms with Crippen molar-refractivity contribution in [3.8, 4) is 0 Å². The number of fused-ring (bicyclic) bond motifs is 1. The Morgan fingerprint density at radius 1 is 1.27 bits per heavy atom. The fourth-order valence-electron chi connectivity index (χ4n) is 4.25. The highest BCUT2D eigenvalue weighted by Gasteiger charge is 2.30. The summed E-state index contributed by atoms with van der Waals surface area (Å²) in [7, 11) is 5.24. The second-order valence-electron chi connectivity index (χ2n) is 9.33. The predicted octanol–water partition coefficient (Wildman–Crippen LogP) is 4.74. The fourth-order valence-corrected chi connectivity index (χ4v) is 4.25. The molecule has 8 nitrogen and oxygen atoms in total. The first-order chi connectivity index (χ1) is 17.5. The molecule has 0 amide bonds. The van der Waals surface area contributed by atoms with Gasteiger partial charge < -0.3 is 24.0 Å². The van der Waals surface area contributed by atoms with E-state index in [-0.39, 0.29) is 17.6 Å². The molecule has 204 valence electrons. The zero-order valence-corrected chi connectivity index (χ0v) is 22.1. The molecule has 1 aromatic carbocycles. The first-order valence-corrected chi connectivity index (χ1v) is 12.2. The van der Waals surface area contributed by atoms with Gasteiger partial charge >= 0.3 is 6.18 Å². The number of aromatic amines is 1. The predicted molar refractivity (Wildman–Crippen MR) is 138 cm³/mol. The van der Waals surface area contributed by atoms with Gasteiger partial charge in [-0.3, -0.25) is 5.10 Å². The van der Waals surface area contributed by atoms with E-state index in [4.69, 9.17) is 14.2 Å². The molecule has 0 bridgehead atoms. The number of rotatable bonds is 9. The molecule has 0 radical (unpaired) electrons. The summed E-state index contributed by atoms with van der Waals surface area (Å²) < 4.78 is 56.2. The largest absolute Gasteiger partial charge is 0.482 e. The van der Waals surface area contributed by atoms with Crippen molar-refractivity contribution in [2.45, 2.75) is 39.0 Å². The summed E-state index contributed by atoms with van der Waals surface area (Å²) in [6, 6.07) is 4.01. The van der Waals surface area contributed by atoms with Gasteiger partial charge in [0.25, 0.3) is 6.02 Å². The van der Waals surface area contributed by atoms with E-state index in [1.165, 1.54) is 0 Å². The summed E-state index contributed by atoms with van der Waals surface area (Å²) in [5, 5.41) is 7.68. The van der Waals surface area contributed by atoms with Crippen LogP contribution in [0.4, 0.5) is 13.2 Å². The molecular formula is C26H36F3N5O3. The number of aliphatic imine (C=N–C) groups is 1. The summed E-state index contributed by atoms with van der Waals surface area (Å²) in [5.41, 5.74) is 2.74. The van der Waals surface area contributed by atoms with Crippen LogP contribution in [0.2, 0.25) is 0 Å². The highest BCUT2D eigenvalue weighted by Crippen LogP contribution is 2.34. The Morgan fingerprint density at radius 3 is 2.59 bits per heavy atom. The number of hydrogen-bond donors (Lipinski definition) is 1. The van der Waals surface area contributed by atoms with Crippen molar-refractivity contribution in [3.05, 3.63) is 47.5 Å². The fraction of sp³-hybridized carbons (Fsp3) is 0.538. The Bertz CT molecular complexity index is 1130. The number of alkyl halides is 3. The first kappa shape index (κ1) is 28.5. The van der Waals surface area contributed by atoms with Crippen LogP contribution in [0.25, 0.3) is 16.5 Å². The lowest BCUT2D eigenvalue weighted by atomic mass is 9.96. The molecule has 0 atom stereocenters. The van der Waals surface area contributed by atoms with Gasteiger partial charge in [0.2, 0.25) is 0 Å². The Labute approximate surface area is 215 Å². The van der Waals surface area contributed by atoms with Gasteiger partial charge in [0.15, 0.2) is 6.61 Å². The van der Waals surface area contributed by atoms with Crippen molar-refractivity contribution in [1.29, 1.82) is 0 Å². The Morgan fingerprint density at radius 2 is 1.97 bits per heavy atom. The van der Waals surface area contributed by atoms with Crippen molar-refractivity contribution in [2.75, 3.05) is 54.1 Å². The number of ether oxygens (including phenoxy) is 3. The van der Waals surface area contributed by atoms with Crippen molar-refractivity contribution in [2.24, 2.45) is 4.99 Å². The zero-order valence-electron chi connectivity index (χ0n) is 22.1. The van der Waals surface area contributed by atoms with Crippen LogP contribution in [-0.4, -0.2) is 92.4 Å². The van der Waals surface area contributed by atoms with Crippen molar-refractivity contribution >= 4 is 22.5 Å². The van der Waals surface area contributed by atoms with E-state index in [1.807, 2.05) is 19.1 Å². The number of aryl methyl sites for hydroxylation is 1. The van der Waals surface area contributed by atoms with Crippen LogP contribution in [0.15, 0.2) is 41.4 Å². The van der Waals surface area contributed by atoms with E-state index in [9.17, 15) is 13.2 Å². The highest BCUT2D eigenvalue weighted by molar-refractivity contribution is 5.96. The molecule has 37 heavy (non-hydrogen) atoms. The van der Waals surface area contributed by atoms with Gasteiger partial charge in [0.05, 0.1) is 24.0 Å². The van der Waals surface area contributed by atoms with Gasteiger partial charge in [-0.1, -0.05) is 12.6 Å². The number of halogens is 3. The molecule has 1 N–H and O–H groups in total. The summed E-state index contributed by atoms with van der Waals surface area (Å²) in [6.07, 6.45) is -1.34. The van der Waals surface area contributed by atoms with Crippen LogP contribution < -0.4 is 0 Å². The molecule has 0 aliphatic carbocycles. The molecular weight excluding hydrogens is 487 g/mol. The number of nitrogens with one attached hydrogen (secondary N) is 1. The molecule has 11 heteroatoms. The van der Waals surface area contributed by atoms with Crippen LogP contribution in [0.3, 0.4) is 0 Å². The molecule has 0 saturated carbocycles. The molecule has 1 fully saturated rings. The van der Waals surface area contributed by atoms with Gasteiger partial charge in [0.1, 0.15) is 11.9 Å². The minimum Gasteiger partial charge on any atom is -0.482 e. The number of amidine groups is 1. The van der Waals surface area contributed by atoms with Crippen molar-refractivity contribution < 1.29 is 27.4 Å². The van der Waals surface area contributed by atoms with Crippen molar-refractivity contribution in [1.82, 2.24) is 20.0 Å². The van der Waals surface area contributed by atoms with Gasteiger partial charge in [-0.05, 0) is 43.9 Å². The average Bonchev–Trinajstić information content (AvgIpc) is 3.31. The normalized spacial score (nSPS) is 16.6. The number of likely N-dealkylation sites (tertiary alicyclic amines) is 1. The zero-order chi connectivity index (χ0) is 27.2. The molecule has 2 heterocycles. The molecule has 1 aliphatic heterocycles.